The van der Waals surface area contributed by atoms with E-state index in [0.29, 0.717) is 13.2 Å². The van der Waals surface area contributed by atoms with Crippen molar-refractivity contribution in [3.63, 3.8) is 0 Å². The molecule has 4 nitrogen and oxygen atoms in total. The van der Waals surface area contributed by atoms with Crippen molar-refractivity contribution in [3.8, 4) is 5.75 Å². The predicted octanol–water partition coefficient (Wildman–Crippen LogP) is -1.15. The molecule has 0 aliphatic carbocycles. The van der Waals surface area contributed by atoms with E-state index in [1.54, 1.807) is 0 Å². The number of carboxylic acids is 1. The number of hydrogen-bond donors (Lipinski definition) is 1. The van der Waals surface area contributed by atoms with Gasteiger partial charge in [-0.05, 0) is 31.2 Å². The lowest BCUT2D eigenvalue weighted by atomic mass is 10.2. The second-order valence-corrected chi connectivity index (χ2v) is 3.76. The third-order valence-electron chi connectivity index (χ3n) is 2.19. The van der Waals surface area contributed by atoms with Crippen molar-refractivity contribution in [2.45, 2.75) is 13.5 Å². The molecule has 0 saturated carbocycles. The third kappa shape index (κ3) is 4.31. The molecule has 1 unspecified atom stereocenters. The number of aliphatic carboxylic acids is 1. The first-order valence-corrected chi connectivity index (χ1v) is 5.34. The topological polar surface area (TPSA) is 53.8 Å². The molecule has 88 valence electrons. The number of hydrogen-bond acceptors (Lipinski definition) is 3. The standard InChI is InChI=1S/C12H17NO3/c1-3-16-11-6-4-10(5-7-11)8-13(2)9-12(14)15/h4-7H,3,8-9H2,1-2H3,(H,14,15). The first-order valence-electron chi connectivity index (χ1n) is 5.34. The minimum Gasteiger partial charge on any atom is -0.544 e. The maximum Gasteiger partial charge on any atom is 0.119 e. The van der Waals surface area contributed by atoms with E-state index >= 15 is 0 Å². The molecule has 4 heteroatoms. The Morgan fingerprint density at radius 2 is 2.00 bits per heavy atom. The molecule has 0 heterocycles. The summed E-state index contributed by atoms with van der Waals surface area (Å²) in [5.74, 6) is -0.188. The van der Waals surface area contributed by atoms with Gasteiger partial charge in [0.25, 0.3) is 0 Å². The van der Waals surface area contributed by atoms with Crippen LogP contribution in [0.25, 0.3) is 0 Å². The van der Waals surface area contributed by atoms with E-state index < -0.39 is 5.97 Å². The Labute approximate surface area is 95.5 Å². The Morgan fingerprint density at radius 3 is 2.50 bits per heavy atom. The summed E-state index contributed by atoms with van der Waals surface area (Å²) in [6.07, 6.45) is 0. The van der Waals surface area contributed by atoms with Crippen LogP contribution in [0.15, 0.2) is 24.3 Å². The van der Waals surface area contributed by atoms with E-state index in [0.717, 1.165) is 16.2 Å². The summed E-state index contributed by atoms with van der Waals surface area (Å²) in [5.41, 5.74) is 1.09. The number of benzene rings is 1. The zero-order valence-electron chi connectivity index (χ0n) is 9.66. The van der Waals surface area contributed by atoms with Gasteiger partial charge in [0, 0.05) is 5.56 Å². The minimum absolute atomic E-state index is 0.0210. The number of likely N-dealkylation sites (N-methyl/N-ethyl adjacent to an activating group) is 1. The zero-order valence-corrected chi connectivity index (χ0v) is 9.66. The normalized spacial score (nSPS) is 12.1. The molecule has 0 aromatic heterocycles. The van der Waals surface area contributed by atoms with E-state index in [9.17, 15) is 9.90 Å². The number of ether oxygens (including phenoxy) is 1. The lowest BCUT2D eigenvalue weighted by Crippen LogP contribution is -3.09. The van der Waals surface area contributed by atoms with Crippen LogP contribution in [0.4, 0.5) is 0 Å². The maximum atomic E-state index is 10.4. The molecular weight excluding hydrogens is 206 g/mol. The lowest BCUT2D eigenvalue weighted by molar-refractivity contribution is -0.887. The van der Waals surface area contributed by atoms with Crippen LogP contribution in [0.5, 0.6) is 5.75 Å². The van der Waals surface area contributed by atoms with Gasteiger partial charge in [-0.15, -0.1) is 0 Å². The Kier molecular flexibility index (Phi) is 4.79. The van der Waals surface area contributed by atoms with Crippen molar-refractivity contribution < 1.29 is 19.5 Å². The molecule has 1 atom stereocenters. The van der Waals surface area contributed by atoms with Gasteiger partial charge >= 0.3 is 0 Å². The van der Waals surface area contributed by atoms with Crippen molar-refractivity contribution in [1.82, 2.24) is 0 Å². The van der Waals surface area contributed by atoms with Crippen molar-refractivity contribution in [2.75, 3.05) is 20.2 Å². The highest BCUT2D eigenvalue weighted by molar-refractivity contribution is 5.65. The predicted molar refractivity (Wildman–Crippen MR) is 58.1 cm³/mol. The second-order valence-electron chi connectivity index (χ2n) is 3.76. The Balaban J connectivity index is 2.51. The van der Waals surface area contributed by atoms with E-state index in [1.807, 2.05) is 38.2 Å². The minimum atomic E-state index is -1.02. The number of carboxylic acid groups (broad SMARTS) is 1. The van der Waals surface area contributed by atoms with E-state index in [-0.39, 0.29) is 6.54 Å². The fraction of sp³-hybridized carbons (Fsp3) is 0.417. The van der Waals surface area contributed by atoms with Gasteiger partial charge in [-0.1, -0.05) is 0 Å². The summed E-state index contributed by atoms with van der Waals surface area (Å²) in [7, 11) is 1.83. The number of quaternary nitrogens is 1. The molecule has 0 radical (unpaired) electrons. The van der Waals surface area contributed by atoms with Crippen LogP contribution in [-0.2, 0) is 11.3 Å². The highest BCUT2D eigenvalue weighted by Crippen LogP contribution is 2.11. The quantitative estimate of drug-likeness (QED) is 0.662. The molecule has 0 aliphatic rings. The molecule has 0 saturated heterocycles. The summed E-state index contributed by atoms with van der Waals surface area (Å²) >= 11 is 0. The lowest BCUT2D eigenvalue weighted by Gasteiger charge is -2.14. The third-order valence-corrected chi connectivity index (χ3v) is 2.19. The molecule has 0 fully saturated rings. The molecule has 0 bridgehead atoms. The van der Waals surface area contributed by atoms with Crippen molar-refractivity contribution in [2.24, 2.45) is 0 Å². The average molecular weight is 223 g/mol. The van der Waals surface area contributed by atoms with Crippen LogP contribution in [-0.4, -0.2) is 26.2 Å². The average Bonchev–Trinajstić information content (AvgIpc) is 2.20. The van der Waals surface area contributed by atoms with E-state index in [4.69, 9.17) is 4.74 Å². The van der Waals surface area contributed by atoms with Crippen molar-refractivity contribution >= 4 is 5.97 Å². The monoisotopic (exact) mass is 223 g/mol. The molecule has 0 aliphatic heterocycles. The smallest absolute Gasteiger partial charge is 0.119 e. The zero-order chi connectivity index (χ0) is 12.0. The Hall–Kier alpha value is -1.55. The van der Waals surface area contributed by atoms with Gasteiger partial charge in [0.1, 0.15) is 18.8 Å². The fourth-order valence-corrected chi connectivity index (χ4v) is 1.53. The SMILES string of the molecule is CCOc1ccc(C[NH+](C)CC(=O)[O-])cc1. The number of nitrogens with one attached hydrogen (secondary N) is 1. The van der Waals surface area contributed by atoms with Crippen LogP contribution in [0.1, 0.15) is 12.5 Å². The van der Waals surface area contributed by atoms with Gasteiger partial charge in [0.15, 0.2) is 0 Å². The molecule has 1 aromatic rings. The molecule has 16 heavy (non-hydrogen) atoms. The van der Waals surface area contributed by atoms with Crippen LogP contribution in [0.2, 0.25) is 0 Å². The molecule has 0 spiro atoms. The van der Waals surface area contributed by atoms with Gasteiger partial charge in [-0.25, -0.2) is 0 Å². The van der Waals surface area contributed by atoms with Gasteiger partial charge in [0.05, 0.1) is 19.6 Å². The summed E-state index contributed by atoms with van der Waals surface area (Å²) in [6.45, 7) is 3.27. The van der Waals surface area contributed by atoms with Crippen molar-refractivity contribution in [1.29, 1.82) is 0 Å². The largest absolute Gasteiger partial charge is 0.544 e. The molecule has 1 N–H and O–H groups in total. The van der Waals surface area contributed by atoms with Gasteiger partial charge < -0.3 is 19.5 Å². The summed E-state index contributed by atoms with van der Waals surface area (Å²) < 4.78 is 5.32. The van der Waals surface area contributed by atoms with Crippen LogP contribution in [0, 0.1) is 0 Å². The van der Waals surface area contributed by atoms with Crippen molar-refractivity contribution in [3.05, 3.63) is 29.8 Å². The fourth-order valence-electron chi connectivity index (χ4n) is 1.53. The molecule has 0 amide bonds. The highest BCUT2D eigenvalue weighted by atomic mass is 16.5. The first kappa shape index (κ1) is 12.5. The van der Waals surface area contributed by atoms with Gasteiger partial charge in [0.2, 0.25) is 0 Å². The summed E-state index contributed by atoms with van der Waals surface area (Å²) in [4.78, 5) is 11.3. The number of carbonyl (C=O) groups is 1. The first-order chi connectivity index (χ1) is 7.61. The highest BCUT2D eigenvalue weighted by Gasteiger charge is 2.03. The Bertz CT molecular complexity index is 335. The number of rotatable bonds is 6. The van der Waals surface area contributed by atoms with Crippen LogP contribution in [0.3, 0.4) is 0 Å². The summed E-state index contributed by atoms with van der Waals surface area (Å²) in [5, 5.41) is 10.4. The maximum absolute atomic E-state index is 10.4. The summed E-state index contributed by atoms with van der Waals surface area (Å²) in [6, 6.07) is 7.68. The molecular formula is C12H17NO3. The van der Waals surface area contributed by atoms with Crippen LogP contribution < -0.4 is 14.7 Å². The number of carbonyl (C=O) groups excluding carboxylic acids is 1. The van der Waals surface area contributed by atoms with Crippen LogP contribution >= 0.6 is 0 Å². The second kappa shape index (κ2) is 6.12. The van der Waals surface area contributed by atoms with Gasteiger partial charge in [-0.2, -0.15) is 0 Å². The Morgan fingerprint density at radius 1 is 1.38 bits per heavy atom. The van der Waals surface area contributed by atoms with E-state index in [2.05, 4.69) is 0 Å². The molecule has 1 aromatic carbocycles. The van der Waals surface area contributed by atoms with E-state index in [1.165, 1.54) is 0 Å². The molecule has 1 rings (SSSR count). The van der Waals surface area contributed by atoms with Gasteiger partial charge in [-0.3, -0.25) is 0 Å².